The minimum absolute atomic E-state index is 0.0157. The summed E-state index contributed by atoms with van der Waals surface area (Å²) < 4.78 is 5.65. The Hall–Kier alpha value is -2.67. The number of amides is 1. The first-order valence-electron chi connectivity index (χ1n) is 12.6. The van der Waals surface area contributed by atoms with Gasteiger partial charge in [0.15, 0.2) is 0 Å². The standard InChI is InChI=1S/C27H37N5O2/c1-18-5-7-21-23(18)24(30-17-29-21)32-16-27(20-15-19(9-12-28)6-8-22(20)32)10-13-31(14-11-27)25(33)34-26(2,3)4/h6,8,15,17-18H,5,7,9-14,16,28H2,1-4H3/t18-/m1/s1. The highest BCUT2D eigenvalue weighted by molar-refractivity contribution is 5.74. The van der Waals surface area contributed by atoms with E-state index in [1.165, 1.54) is 28.1 Å². The maximum absolute atomic E-state index is 12.7. The lowest BCUT2D eigenvalue weighted by Crippen LogP contribution is -2.48. The molecule has 7 nitrogen and oxygen atoms in total. The molecule has 1 aromatic carbocycles. The van der Waals surface area contributed by atoms with E-state index in [1.807, 2.05) is 25.7 Å². The second-order valence-corrected chi connectivity index (χ2v) is 11.2. The SMILES string of the molecule is C[C@@H]1CCc2ncnc(N3CC4(CCN(C(=O)OC(C)(C)C)CC4)c4cc(CCN)ccc43)c21. The Labute approximate surface area is 202 Å². The van der Waals surface area contributed by atoms with Crippen molar-refractivity contribution in [3.05, 3.63) is 46.9 Å². The summed E-state index contributed by atoms with van der Waals surface area (Å²) in [7, 11) is 0. The van der Waals surface area contributed by atoms with Gasteiger partial charge in [0.25, 0.3) is 0 Å². The Kier molecular flexibility index (Phi) is 5.79. The number of rotatable bonds is 3. The molecule has 2 aliphatic heterocycles. The average Bonchev–Trinajstić information content (AvgIpc) is 3.32. The number of anilines is 2. The Morgan fingerprint density at radius 3 is 2.71 bits per heavy atom. The van der Waals surface area contributed by atoms with Gasteiger partial charge in [-0.25, -0.2) is 14.8 Å². The predicted octanol–water partition coefficient (Wildman–Crippen LogP) is 4.45. The zero-order valence-electron chi connectivity index (χ0n) is 20.9. The molecule has 2 N–H and O–H groups in total. The van der Waals surface area contributed by atoms with Crippen LogP contribution in [0.15, 0.2) is 24.5 Å². The predicted molar refractivity (Wildman–Crippen MR) is 134 cm³/mol. The molecule has 1 aromatic heterocycles. The van der Waals surface area contributed by atoms with E-state index in [4.69, 9.17) is 15.5 Å². The minimum atomic E-state index is -0.482. The van der Waals surface area contributed by atoms with Gasteiger partial charge in [-0.15, -0.1) is 0 Å². The zero-order valence-corrected chi connectivity index (χ0v) is 20.9. The third kappa shape index (κ3) is 4.04. The molecule has 3 heterocycles. The highest BCUT2D eigenvalue weighted by Gasteiger charge is 2.47. The quantitative estimate of drug-likeness (QED) is 0.724. The largest absolute Gasteiger partial charge is 0.444 e. The summed E-state index contributed by atoms with van der Waals surface area (Å²) in [5.74, 6) is 1.53. The molecule has 2 aromatic rings. The molecular weight excluding hydrogens is 426 g/mol. The van der Waals surface area contributed by atoms with Gasteiger partial charge in [0, 0.05) is 42.0 Å². The highest BCUT2D eigenvalue weighted by Crippen LogP contribution is 2.51. The van der Waals surface area contributed by atoms with Crippen LogP contribution in [0.5, 0.6) is 0 Å². The molecule has 0 bridgehead atoms. The summed E-state index contributed by atoms with van der Waals surface area (Å²) in [6.07, 6.45) is 6.36. The monoisotopic (exact) mass is 463 g/mol. The molecule has 182 valence electrons. The van der Waals surface area contributed by atoms with E-state index in [-0.39, 0.29) is 11.5 Å². The van der Waals surface area contributed by atoms with E-state index >= 15 is 0 Å². The molecule has 34 heavy (non-hydrogen) atoms. The van der Waals surface area contributed by atoms with Crippen molar-refractivity contribution in [2.45, 2.75) is 76.7 Å². The number of carbonyl (C=O) groups excluding carboxylic acids is 1. The van der Waals surface area contributed by atoms with E-state index in [1.54, 1.807) is 6.33 Å². The van der Waals surface area contributed by atoms with Crippen LogP contribution >= 0.6 is 0 Å². The molecule has 5 rings (SSSR count). The van der Waals surface area contributed by atoms with Gasteiger partial charge < -0.3 is 20.3 Å². The maximum Gasteiger partial charge on any atom is 0.410 e. The number of fused-ring (bicyclic) bond motifs is 3. The Morgan fingerprint density at radius 1 is 1.24 bits per heavy atom. The Bertz CT molecular complexity index is 1080. The lowest BCUT2D eigenvalue weighted by Gasteiger charge is -2.40. The van der Waals surface area contributed by atoms with E-state index in [0.29, 0.717) is 25.6 Å². The summed E-state index contributed by atoms with van der Waals surface area (Å²) in [6.45, 7) is 11.0. The molecule has 1 aliphatic carbocycles. The van der Waals surface area contributed by atoms with Crippen LogP contribution in [0.3, 0.4) is 0 Å². The fourth-order valence-electron chi connectivity index (χ4n) is 5.94. The molecule has 1 saturated heterocycles. The summed E-state index contributed by atoms with van der Waals surface area (Å²) in [4.78, 5) is 26.4. The number of nitrogens with two attached hydrogens (primary N) is 1. The van der Waals surface area contributed by atoms with Crippen molar-refractivity contribution in [3.8, 4) is 0 Å². The van der Waals surface area contributed by atoms with Crippen LogP contribution in [0.2, 0.25) is 0 Å². The molecule has 0 saturated carbocycles. The number of likely N-dealkylation sites (tertiary alicyclic amines) is 1. The molecule has 0 radical (unpaired) electrons. The fourth-order valence-corrected chi connectivity index (χ4v) is 5.94. The van der Waals surface area contributed by atoms with Gasteiger partial charge >= 0.3 is 6.09 Å². The van der Waals surface area contributed by atoms with Crippen molar-refractivity contribution in [3.63, 3.8) is 0 Å². The van der Waals surface area contributed by atoms with Gasteiger partial charge in [0.05, 0.1) is 0 Å². The number of aryl methyl sites for hydroxylation is 1. The number of ether oxygens (including phenoxy) is 1. The molecule has 1 amide bonds. The van der Waals surface area contributed by atoms with Crippen LogP contribution in [0.4, 0.5) is 16.3 Å². The van der Waals surface area contributed by atoms with Gasteiger partial charge in [0.2, 0.25) is 0 Å². The topological polar surface area (TPSA) is 84.6 Å². The highest BCUT2D eigenvalue weighted by atomic mass is 16.6. The van der Waals surface area contributed by atoms with E-state index in [0.717, 1.165) is 44.5 Å². The third-order valence-corrected chi connectivity index (χ3v) is 7.70. The summed E-state index contributed by atoms with van der Waals surface area (Å²) >= 11 is 0. The third-order valence-electron chi connectivity index (χ3n) is 7.70. The first-order chi connectivity index (χ1) is 16.2. The average molecular weight is 464 g/mol. The van der Waals surface area contributed by atoms with Crippen LogP contribution in [-0.4, -0.2) is 52.7 Å². The number of hydrogen-bond donors (Lipinski definition) is 1. The normalized spacial score (nSPS) is 21.0. The maximum atomic E-state index is 12.7. The van der Waals surface area contributed by atoms with Crippen molar-refractivity contribution in [1.82, 2.24) is 14.9 Å². The molecule has 0 unspecified atom stereocenters. The number of aromatic nitrogens is 2. The summed E-state index contributed by atoms with van der Waals surface area (Å²) in [6, 6.07) is 6.82. The first kappa shape index (κ1) is 23.1. The van der Waals surface area contributed by atoms with Gasteiger partial charge in [0.1, 0.15) is 17.7 Å². The molecule has 1 atom stereocenters. The molecule has 1 spiro atoms. The van der Waals surface area contributed by atoms with Crippen molar-refractivity contribution in [1.29, 1.82) is 0 Å². The lowest BCUT2D eigenvalue weighted by molar-refractivity contribution is 0.0171. The Morgan fingerprint density at radius 2 is 2.00 bits per heavy atom. The van der Waals surface area contributed by atoms with Crippen LogP contribution in [-0.2, 0) is 23.0 Å². The van der Waals surface area contributed by atoms with Gasteiger partial charge in [-0.1, -0.05) is 19.1 Å². The fraction of sp³-hybridized carbons (Fsp3) is 0.593. The zero-order chi connectivity index (χ0) is 24.1. The summed E-state index contributed by atoms with van der Waals surface area (Å²) in [5, 5.41) is 0. The Balaban J connectivity index is 1.48. The van der Waals surface area contributed by atoms with E-state index in [2.05, 4.69) is 35.0 Å². The minimum Gasteiger partial charge on any atom is -0.444 e. The van der Waals surface area contributed by atoms with Crippen LogP contribution in [0.25, 0.3) is 0 Å². The summed E-state index contributed by atoms with van der Waals surface area (Å²) in [5.41, 5.74) is 11.8. The van der Waals surface area contributed by atoms with Gasteiger partial charge in [-0.2, -0.15) is 0 Å². The van der Waals surface area contributed by atoms with Crippen molar-refractivity contribution >= 4 is 17.6 Å². The number of hydrogen-bond acceptors (Lipinski definition) is 6. The second-order valence-electron chi connectivity index (χ2n) is 11.2. The molecule has 3 aliphatic rings. The van der Waals surface area contributed by atoms with Crippen LogP contribution in [0.1, 0.15) is 75.3 Å². The molecule has 1 fully saturated rings. The molecular formula is C27H37N5O2. The second kappa shape index (κ2) is 8.52. The van der Waals surface area contributed by atoms with Crippen LogP contribution < -0.4 is 10.6 Å². The van der Waals surface area contributed by atoms with Gasteiger partial charge in [-0.05, 0) is 82.5 Å². The number of nitrogens with zero attached hydrogens (tertiary/aromatic N) is 4. The number of benzene rings is 1. The molecule has 7 heteroatoms. The van der Waals surface area contributed by atoms with E-state index in [9.17, 15) is 4.79 Å². The number of carbonyl (C=O) groups is 1. The lowest BCUT2D eigenvalue weighted by atomic mass is 9.74. The van der Waals surface area contributed by atoms with Crippen LogP contribution in [0, 0.1) is 0 Å². The number of piperidine rings is 1. The van der Waals surface area contributed by atoms with Crippen molar-refractivity contribution in [2.75, 3.05) is 31.1 Å². The first-order valence-corrected chi connectivity index (χ1v) is 12.6. The smallest absolute Gasteiger partial charge is 0.410 e. The van der Waals surface area contributed by atoms with Crippen molar-refractivity contribution < 1.29 is 9.53 Å². The van der Waals surface area contributed by atoms with Gasteiger partial charge in [-0.3, -0.25) is 0 Å². The van der Waals surface area contributed by atoms with Crippen molar-refractivity contribution in [2.24, 2.45) is 5.73 Å². The van der Waals surface area contributed by atoms with E-state index < -0.39 is 5.60 Å².